The lowest BCUT2D eigenvalue weighted by atomic mass is 10.1. The second-order valence-corrected chi connectivity index (χ2v) is 5.40. The molecule has 0 aliphatic carbocycles. The maximum absolute atomic E-state index is 12.0. The van der Waals surface area contributed by atoms with E-state index in [1.807, 2.05) is 24.4 Å². The van der Waals surface area contributed by atoms with Crippen LogP contribution in [0.4, 0.5) is 0 Å². The number of aromatic nitrogens is 1. The van der Waals surface area contributed by atoms with Crippen LogP contribution in [0.25, 0.3) is 0 Å². The van der Waals surface area contributed by atoms with E-state index in [2.05, 4.69) is 20.9 Å². The second kappa shape index (κ2) is 4.89. The van der Waals surface area contributed by atoms with Gasteiger partial charge in [0, 0.05) is 33.7 Å². The highest BCUT2D eigenvalue weighted by Gasteiger charge is 2.10. The van der Waals surface area contributed by atoms with Crippen molar-refractivity contribution in [3.05, 3.63) is 50.4 Å². The number of hydrogen-bond acceptors (Lipinski definition) is 3. The fourth-order valence-electron chi connectivity index (χ4n) is 1.41. The first kappa shape index (κ1) is 11.5. The van der Waals surface area contributed by atoms with Crippen molar-refractivity contribution in [1.82, 2.24) is 4.98 Å². The van der Waals surface area contributed by atoms with Crippen molar-refractivity contribution in [3.63, 3.8) is 0 Å². The topological polar surface area (TPSA) is 30.0 Å². The first-order chi connectivity index (χ1) is 7.66. The summed E-state index contributed by atoms with van der Waals surface area (Å²) in [5.41, 5.74) is 1.69. The maximum Gasteiger partial charge on any atom is 0.169 e. The minimum absolute atomic E-state index is 0.111. The van der Waals surface area contributed by atoms with E-state index in [4.69, 9.17) is 0 Å². The number of carbonyl (C=O) groups is 1. The van der Waals surface area contributed by atoms with Crippen LogP contribution in [0.3, 0.4) is 0 Å². The molecule has 0 unspecified atom stereocenters. The fourth-order valence-corrected chi connectivity index (χ4v) is 2.90. The van der Waals surface area contributed by atoms with Gasteiger partial charge in [0.05, 0.1) is 0 Å². The summed E-state index contributed by atoms with van der Waals surface area (Å²) in [7, 11) is 0. The van der Waals surface area contributed by atoms with Crippen LogP contribution >= 0.6 is 27.3 Å². The number of thiophene rings is 1. The van der Waals surface area contributed by atoms with Crippen molar-refractivity contribution in [2.24, 2.45) is 0 Å². The van der Waals surface area contributed by atoms with Gasteiger partial charge >= 0.3 is 0 Å². The quantitative estimate of drug-likeness (QED) is 0.809. The molecule has 2 rings (SSSR count). The largest absolute Gasteiger partial charge is 0.294 e. The summed E-state index contributed by atoms with van der Waals surface area (Å²) in [6, 6.07) is 3.83. The van der Waals surface area contributed by atoms with Crippen LogP contribution in [0.15, 0.2) is 34.4 Å². The van der Waals surface area contributed by atoms with Gasteiger partial charge < -0.3 is 0 Å². The zero-order valence-electron chi connectivity index (χ0n) is 8.74. The average molecular weight is 296 g/mol. The van der Waals surface area contributed by atoms with Crippen molar-refractivity contribution in [1.29, 1.82) is 0 Å². The van der Waals surface area contributed by atoms with Crippen LogP contribution in [-0.4, -0.2) is 10.8 Å². The number of aryl methyl sites for hydroxylation is 1. The number of rotatable bonds is 3. The lowest BCUT2D eigenvalue weighted by molar-refractivity contribution is 0.0993. The van der Waals surface area contributed by atoms with Gasteiger partial charge in [-0.1, -0.05) is 0 Å². The van der Waals surface area contributed by atoms with Gasteiger partial charge in [0.2, 0.25) is 0 Å². The molecule has 0 saturated heterocycles. The first-order valence-electron chi connectivity index (χ1n) is 4.83. The van der Waals surface area contributed by atoms with Crippen LogP contribution in [0.5, 0.6) is 0 Å². The molecule has 2 heterocycles. The summed E-state index contributed by atoms with van der Waals surface area (Å²) in [6.45, 7) is 1.94. The van der Waals surface area contributed by atoms with Crippen LogP contribution < -0.4 is 0 Å². The van der Waals surface area contributed by atoms with Gasteiger partial charge in [0.1, 0.15) is 0 Å². The minimum atomic E-state index is 0.111. The van der Waals surface area contributed by atoms with Gasteiger partial charge in [-0.05, 0) is 45.9 Å². The van der Waals surface area contributed by atoms with Crippen molar-refractivity contribution in [2.75, 3.05) is 0 Å². The molecular weight excluding hydrogens is 286 g/mol. The molecule has 2 nitrogen and oxygen atoms in total. The van der Waals surface area contributed by atoms with Crippen molar-refractivity contribution in [3.8, 4) is 0 Å². The highest BCUT2D eigenvalue weighted by Crippen LogP contribution is 2.24. The zero-order valence-corrected chi connectivity index (χ0v) is 11.1. The average Bonchev–Trinajstić information content (AvgIpc) is 2.64. The van der Waals surface area contributed by atoms with Gasteiger partial charge in [-0.3, -0.25) is 9.78 Å². The van der Waals surface area contributed by atoms with E-state index >= 15 is 0 Å². The van der Waals surface area contributed by atoms with Crippen LogP contribution in [-0.2, 0) is 6.42 Å². The number of hydrogen-bond donors (Lipinski definition) is 0. The number of halogens is 1. The van der Waals surface area contributed by atoms with Crippen LogP contribution in [0, 0.1) is 6.92 Å². The van der Waals surface area contributed by atoms with Crippen molar-refractivity contribution >= 4 is 33.0 Å². The molecule has 0 N–H and O–H groups in total. The predicted octanol–water partition coefficient (Wildman–Crippen LogP) is 3.64. The molecule has 2 aromatic rings. The molecule has 0 atom stereocenters. The Bertz CT molecular complexity index is 521. The molecule has 0 bridgehead atoms. The molecule has 0 spiro atoms. The summed E-state index contributed by atoms with van der Waals surface area (Å²) in [6.07, 6.45) is 3.80. The third kappa shape index (κ3) is 2.57. The molecule has 0 saturated carbocycles. The SMILES string of the molecule is Cc1cncc(C(=O)Cc2sccc2Br)c1. The Labute approximate surface area is 106 Å². The third-order valence-electron chi connectivity index (χ3n) is 2.21. The Morgan fingerprint density at radius 3 is 2.94 bits per heavy atom. The van der Waals surface area contributed by atoms with Gasteiger partial charge in [0.25, 0.3) is 0 Å². The van der Waals surface area contributed by atoms with Gasteiger partial charge in [0.15, 0.2) is 5.78 Å². The third-order valence-corrected chi connectivity index (χ3v) is 4.14. The smallest absolute Gasteiger partial charge is 0.169 e. The second-order valence-electron chi connectivity index (χ2n) is 3.54. The molecule has 0 fully saturated rings. The number of ketones is 1. The van der Waals surface area contributed by atoms with Crippen molar-refractivity contribution in [2.45, 2.75) is 13.3 Å². The number of Topliss-reactive ketones (excluding diaryl/α,β-unsaturated/α-hetero) is 1. The lowest BCUT2D eigenvalue weighted by Gasteiger charge is -2.00. The Hall–Kier alpha value is -1.00. The molecule has 82 valence electrons. The normalized spacial score (nSPS) is 10.4. The molecule has 4 heteroatoms. The Kier molecular flexibility index (Phi) is 3.51. The minimum Gasteiger partial charge on any atom is -0.294 e. The Morgan fingerprint density at radius 2 is 2.31 bits per heavy atom. The summed E-state index contributed by atoms with van der Waals surface area (Å²) >= 11 is 5.01. The monoisotopic (exact) mass is 295 g/mol. The zero-order chi connectivity index (χ0) is 11.5. The Morgan fingerprint density at radius 1 is 1.50 bits per heavy atom. The Balaban J connectivity index is 2.18. The summed E-state index contributed by atoms with van der Waals surface area (Å²) < 4.78 is 1.01. The van der Waals surface area contributed by atoms with E-state index in [1.54, 1.807) is 23.7 Å². The molecule has 0 radical (unpaired) electrons. The van der Waals surface area contributed by atoms with E-state index in [1.165, 1.54) is 0 Å². The number of nitrogens with zero attached hydrogens (tertiary/aromatic N) is 1. The maximum atomic E-state index is 12.0. The molecule has 0 aliphatic rings. The van der Waals surface area contributed by atoms with Crippen LogP contribution in [0.2, 0.25) is 0 Å². The predicted molar refractivity (Wildman–Crippen MR) is 69.0 cm³/mol. The molecule has 16 heavy (non-hydrogen) atoms. The fraction of sp³-hybridized carbons (Fsp3) is 0.167. The summed E-state index contributed by atoms with van der Waals surface area (Å²) in [5.74, 6) is 0.111. The lowest BCUT2D eigenvalue weighted by Crippen LogP contribution is -2.03. The van der Waals surface area contributed by atoms with E-state index in [0.29, 0.717) is 12.0 Å². The van der Waals surface area contributed by atoms with E-state index < -0.39 is 0 Å². The first-order valence-corrected chi connectivity index (χ1v) is 6.51. The molecular formula is C12H10BrNOS. The number of carbonyl (C=O) groups excluding carboxylic acids is 1. The van der Waals surface area contributed by atoms with Gasteiger partial charge in [-0.2, -0.15) is 0 Å². The molecule has 0 aromatic carbocycles. The van der Waals surface area contributed by atoms with Gasteiger partial charge in [-0.25, -0.2) is 0 Å². The van der Waals surface area contributed by atoms with E-state index in [0.717, 1.165) is 14.9 Å². The van der Waals surface area contributed by atoms with Crippen molar-refractivity contribution < 1.29 is 4.79 Å². The molecule has 0 amide bonds. The highest BCUT2D eigenvalue weighted by molar-refractivity contribution is 9.10. The number of pyridine rings is 1. The van der Waals surface area contributed by atoms with Gasteiger partial charge in [-0.15, -0.1) is 11.3 Å². The molecule has 0 aliphatic heterocycles. The standard InChI is InChI=1S/C12H10BrNOS/c1-8-4-9(7-14-6-8)11(15)5-12-10(13)2-3-16-12/h2-4,6-7H,5H2,1H3. The van der Waals surface area contributed by atoms with E-state index in [9.17, 15) is 4.79 Å². The summed E-state index contributed by atoms with van der Waals surface area (Å²) in [5, 5.41) is 1.97. The van der Waals surface area contributed by atoms with E-state index in [-0.39, 0.29) is 5.78 Å². The summed E-state index contributed by atoms with van der Waals surface area (Å²) in [4.78, 5) is 17.1. The molecule has 2 aromatic heterocycles. The highest BCUT2D eigenvalue weighted by atomic mass is 79.9. The van der Waals surface area contributed by atoms with Crippen LogP contribution in [0.1, 0.15) is 20.8 Å².